The van der Waals surface area contributed by atoms with E-state index < -0.39 is 0 Å². The third-order valence-electron chi connectivity index (χ3n) is 4.15. The maximum Gasteiger partial charge on any atom is 0.170 e. The Morgan fingerprint density at radius 3 is 2.45 bits per heavy atom. The van der Waals surface area contributed by atoms with Gasteiger partial charge in [0.2, 0.25) is 0 Å². The summed E-state index contributed by atoms with van der Waals surface area (Å²) in [5.74, 6) is 0.938. The molecule has 22 heavy (non-hydrogen) atoms. The molecule has 0 atom stereocenters. The number of nitrogens with zero attached hydrogens (tertiary/aromatic N) is 6. The molecule has 0 spiro atoms. The number of para-hydroxylation sites is 1. The second-order valence-corrected chi connectivity index (χ2v) is 5.61. The van der Waals surface area contributed by atoms with Gasteiger partial charge in [0, 0.05) is 31.9 Å². The number of anilines is 1. The van der Waals surface area contributed by atoms with E-state index in [0.29, 0.717) is 0 Å². The lowest BCUT2D eigenvalue weighted by Crippen LogP contribution is -2.44. The number of fused-ring (bicyclic) bond motifs is 1. The fourth-order valence-corrected chi connectivity index (χ4v) is 2.85. The monoisotopic (exact) mass is 294 g/mol. The molecule has 112 valence electrons. The van der Waals surface area contributed by atoms with Gasteiger partial charge < -0.3 is 9.80 Å². The van der Waals surface area contributed by atoms with Gasteiger partial charge in [-0.25, -0.2) is 15.0 Å². The molecule has 6 heteroatoms. The van der Waals surface area contributed by atoms with Gasteiger partial charge in [-0.15, -0.1) is 0 Å². The van der Waals surface area contributed by atoms with E-state index in [9.17, 15) is 0 Å². The highest BCUT2D eigenvalue weighted by Crippen LogP contribution is 2.24. The first-order valence-corrected chi connectivity index (χ1v) is 7.50. The van der Waals surface area contributed by atoms with Crippen LogP contribution in [-0.4, -0.2) is 57.6 Å². The average Bonchev–Trinajstić information content (AvgIpc) is 3.00. The summed E-state index contributed by atoms with van der Waals surface area (Å²) < 4.78 is 2.01. The highest BCUT2D eigenvalue weighted by atomic mass is 15.3. The Labute approximate surface area is 129 Å². The number of rotatable bonds is 2. The number of piperazine rings is 1. The van der Waals surface area contributed by atoms with Gasteiger partial charge in [-0.3, -0.25) is 4.57 Å². The van der Waals surface area contributed by atoms with E-state index in [0.717, 1.165) is 48.8 Å². The summed E-state index contributed by atoms with van der Waals surface area (Å²) in [5.41, 5.74) is 2.79. The van der Waals surface area contributed by atoms with Gasteiger partial charge in [-0.05, 0) is 19.2 Å². The third-order valence-corrected chi connectivity index (χ3v) is 4.15. The number of likely N-dealkylation sites (N-methyl/N-ethyl adjacent to an activating group) is 1. The van der Waals surface area contributed by atoms with Crippen molar-refractivity contribution in [1.82, 2.24) is 24.4 Å². The lowest BCUT2D eigenvalue weighted by atomic mass is 10.3. The van der Waals surface area contributed by atoms with E-state index in [1.807, 2.05) is 29.1 Å². The Morgan fingerprint density at radius 2 is 1.68 bits per heavy atom. The summed E-state index contributed by atoms with van der Waals surface area (Å²) in [6.07, 6.45) is 3.46. The van der Waals surface area contributed by atoms with E-state index in [-0.39, 0.29) is 0 Å². The van der Waals surface area contributed by atoms with Gasteiger partial charge >= 0.3 is 0 Å². The molecule has 4 rings (SSSR count). The molecular weight excluding hydrogens is 276 g/mol. The van der Waals surface area contributed by atoms with Crippen LogP contribution in [0, 0.1) is 0 Å². The molecule has 1 saturated heterocycles. The fraction of sp³-hybridized carbons (Fsp3) is 0.312. The van der Waals surface area contributed by atoms with E-state index in [1.165, 1.54) is 0 Å². The first-order chi connectivity index (χ1) is 10.8. The molecule has 1 aromatic carbocycles. The molecule has 1 fully saturated rings. The van der Waals surface area contributed by atoms with Crippen molar-refractivity contribution in [2.24, 2.45) is 0 Å². The Morgan fingerprint density at radius 1 is 0.909 bits per heavy atom. The van der Waals surface area contributed by atoms with E-state index >= 15 is 0 Å². The fourth-order valence-electron chi connectivity index (χ4n) is 2.85. The minimum Gasteiger partial charge on any atom is -0.352 e. The molecule has 0 amide bonds. The molecule has 0 saturated carbocycles. The number of aromatic nitrogens is 4. The Kier molecular flexibility index (Phi) is 3.23. The molecule has 1 aliphatic heterocycles. The normalized spacial score (nSPS) is 16.3. The van der Waals surface area contributed by atoms with E-state index in [2.05, 4.69) is 43.9 Å². The molecule has 0 unspecified atom stereocenters. The van der Waals surface area contributed by atoms with Gasteiger partial charge in [0.25, 0.3) is 0 Å². The topological polar surface area (TPSA) is 50.1 Å². The summed E-state index contributed by atoms with van der Waals surface area (Å²) in [4.78, 5) is 18.1. The lowest BCUT2D eigenvalue weighted by molar-refractivity contribution is 0.312. The van der Waals surface area contributed by atoms with E-state index in [1.54, 1.807) is 6.33 Å². The molecular formula is C16H18N6. The van der Waals surface area contributed by atoms with Crippen LogP contribution >= 0.6 is 0 Å². The first-order valence-electron chi connectivity index (χ1n) is 7.50. The van der Waals surface area contributed by atoms with Crippen molar-refractivity contribution in [3.8, 4) is 5.69 Å². The van der Waals surface area contributed by atoms with Crippen molar-refractivity contribution in [3.63, 3.8) is 0 Å². The molecule has 0 aliphatic carbocycles. The summed E-state index contributed by atoms with van der Waals surface area (Å²) >= 11 is 0. The van der Waals surface area contributed by atoms with Gasteiger partial charge in [-0.1, -0.05) is 18.2 Å². The summed E-state index contributed by atoms with van der Waals surface area (Å²) in [6.45, 7) is 4.04. The number of benzene rings is 1. The van der Waals surface area contributed by atoms with Crippen LogP contribution in [-0.2, 0) is 0 Å². The van der Waals surface area contributed by atoms with Crippen molar-refractivity contribution in [1.29, 1.82) is 0 Å². The number of hydrogen-bond acceptors (Lipinski definition) is 5. The second-order valence-electron chi connectivity index (χ2n) is 5.61. The Balaban J connectivity index is 1.77. The maximum absolute atomic E-state index is 4.57. The average molecular weight is 294 g/mol. The van der Waals surface area contributed by atoms with Crippen LogP contribution < -0.4 is 4.90 Å². The van der Waals surface area contributed by atoms with Crippen molar-refractivity contribution in [2.45, 2.75) is 0 Å². The van der Waals surface area contributed by atoms with Crippen molar-refractivity contribution in [3.05, 3.63) is 43.0 Å². The Bertz CT molecular complexity index is 774. The maximum atomic E-state index is 4.57. The minimum absolute atomic E-state index is 0.857. The molecule has 0 N–H and O–H groups in total. The van der Waals surface area contributed by atoms with E-state index in [4.69, 9.17) is 0 Å². The molecule has 0 radical (unpaired) electrons. The quantitative estimate of drug-likeness (QED) is 0.718. The minimum atomic E-state index is 0.857. The van der Waals surface area contributed by atoms with Crippen molar-refractivity contribution in [2.75, 3.05) is 38.1 Å². The zero-order valence-corrected chi connectivity index (χ0v) is 12.6. The Hall–Kier alpha value is -2.47. The standard InChI is InChI=1S/C16H18N6/c1-20-7-9-21(10-8-20)15-14-16(18-11-17-15)22(12-19-14)13-5-3-2-4-6-13/h2-6,11-12H,7-10H2,1H3. The van der Waals surface area contributed by atoms with Gasteiger partial charge in [0.05, 0.1) is 0 Å². The predicted molar refractivity (Wildman–Crippen MR) is 86.4 cm³/mol. The summed E-state index contributed by atoms with van der Waals surface area (Å²) in [7, 11) is 2.15. The van der Waals surface area contributed by atoms with Crippen LogP contribution in [0.2, 0.25) is 0 Å². The lowest BCUT2D eigenvalue weighted by Gasteiger charge is -2.33. The smallest absolute Gasteiger partial charge is 0.170 e. The molecule has 2 aromatic heterocycles. The van der Waals surface area contributed by atoms with Crippen LogP contribution in [0.25, 0.3) is 16.9 Å². The van der Waals surface area contributed by atoms with Crippen molar-refractivity contribution >= 4 is 17.0 Å². The number of hydrogen-bond donors (Lipinski definition) is 0. The number of imidazole rings is 1. The highest BCUT2D eigenvalue weighted by Gasteiger charge is 2.20. The summed E-state index contributed by atoms with van der Waals surface area (Å²) in [6, 6.07) is 10.2. The first kappa shape index (κ1) is 13.2. The van der Waals surface area contributed by atoms with Crippen LogP contribution in [0.4, 0.5) is 5.82 Å². The summed E-state index contributed by atoms with van der Waals surface area (Å²) in [5, 5.41) is 0. The van der Waals surface area contributed by atoms with Crippen LogP contribution in [0.5, 0.6) is 0 Å². The molecule has 0 bridgehead atoms. The molecule has 3 heterocycles. The van der Waals surface area contributed by atoms with Crippen LogP contribution in [0.1, 0.15) is 0 Å². The molecule has 1 aliphatic rings. The largest absolute Gasteiger partial charge is 0.352 e. The second kappa shape index (κ2) is 5.38. The zero-order valence-electron chi connectivity index (χ0n) is 12.6. The SMILES string of the molecule is CN1CCN(c2ncnc3c2ncn3-c2ccccc2)CC1. The van der Waals surface area contributed by atoms with Gasteiger partial charge in [0.1, 0.15) is 12.7 Å². The zero-order chi connectivity index (χ0) is 14.9. The van der Waals surface area contributed by atoms with Gasteiger partial charge in [0.15, 0.2) is 17.0 Å². The van der Waals surface area contributed by atoms with Crippen LogP contribution in [0.3, 0.4) is 0 Å². The highest BCUT2D eigenvalue weighted by molar-refractivity contribution is 5.84. The van der Waals surface area contributed by atoms with Crippen molar-refractivity contribution < 1.29 is 0 Å². The van der Waals surface area contributed by atoms with Gasteiger partial charge in [-0.2, -0.15) is 0 Å². The third kappa shape index (κ3) is 2.21. The predicted octanol–water partition coefficient (Wildman–Crippen LogP) is 1.57. The molecule has 3 aromatic rings. The van der Waals surface area contributed by atoms with Crippen LogP contribution in [0.15, 0.2) is 43.0 Å². The molecule has 6 nitrogen and oxygen atoms in total.